The molecule has 0 saturated carbocycles. The maximum atomic E-state index is 12.2. The van der Waals surface area contributed by atoms with Crippen molar-refractivity contribution in [1.82, 2.24) is 25.1 Å². The average molecular weight is 391 g/mol. The van der Waals surface area contributed by atoms with Gasteiger partial charge in [-0.3, -0.25) is 4.79 Å². The van der Waals surface area contributed by atoms with Gasteiger partial charge in [0.05, 0.1) is 18.1 Å². The highest BCUT2D eigenvalue weighted by Gasteiger charge is 2.20. The summed E-state index contributed by atoms with van der Waals surface area (Å²) in [5.41, 5.74) is 0.853. The minimum absolute atomic E-state index is 0.0930. The number of hydrogen-bond donors (Lipinski definition) is 1. The zero-order valence-corrected chi connectivity index (χ0v) is 17.4. The number of nitrogens with one attached hydrogen (secondary N) is 1. The second-order valence-corrected chi connectivity index (χ2v) is 7.76. The van der Waals surface area contributed by atoms with Gasteiger partial charge in [0, 0.05) is 25.6 Å². The summed E-state index contributed by atoms with van der Waals surface area (Å²) >= 11 is 1.55. The van der Waals surface area contributed by atoms with Gasteiger partial charge < -0.3 is 10.2 Å². The van der Waals surface area contributed by atoms with Gasteiger partial charge in [0.1, 0.15) is 5.82 Å². The number of amides is 1. The third-order valence-corrected chi connectivity index (χ3v) is 5.82. The topological polar surface area (TPSA) is 75.9 Å². The van der Waals surface area contributed by atoms with Crippen molar-refractivity contribution in [3.63, 3.8) is 0 Å². The number of carbonyl (C=O) groups excluding carboxylic acids is 1. The largest absolute Gasteiger partial charge is 0.356 e. The van der Waals surface area contributed by atoms with Crippen LogP contribution in [0.3, 0.4) is 0 Å². The molecule has 2 aromatic heterocycles. The standard InChI is InChI=1S/C19H30N6OS/c1-4-14(5-2)18(26)20-9-12-25-17-15(13-21-25)16(22-19(23-17)27-3)24-10-7-6-8-11-24/h13-14H,4-12H2,1-3H3,(H,20,26). The smallest absolute Gasteiger partial charge is 0.223 e. The molecular formula is C19H30N6OS. The third kappa shape index (κ3) is 4.54. The molecule has 0 aromatic carbocycles. The van der Waals surface area contributed by atoms with Crippen molar-refractivity contribution in [3.05, 3.63) is 6.20 Å². The van der Waals surface area contributed by atoms with Crippen molar-refractivity contribution < 1.29 is 4.79 Å². The quantitative estimate of drug-likeness (QED) is 0.551. The summed E-state index contributed by atoms with van der Waals surface area (Å²) in [7, 11) is 0. The number of rotatable bonds is 8. The normalized spacial score (nSPS) is 14.9. The lowest BCUT2D eigenvalue weighted by Gasteiger charge is -2.28. The van der Waals surface area contributed by atoms with Gasteiger partial charge in [-0.1, -0.05) is 25.6 Å². The van der Waals surface area contributed by atoms with Crippen LogP contribution >= 0.6 is 11.8 Å². The predicted molar refractivity (Wildman–Crippen MR) is 110 cm³/mol. The van der Waals surface area contributed by atoms with Gasteiger partial charge in [0.25, 0.3) is 0 Å². The SMILES string of the molecule is CCC(CC)C(=O)NCCn1ncc2c(N3CCCCC3)nc(SC)nc21. The van der Waals surface area contributed by atoms with E-state index >= 15 is 0 Å². The zero-order valence-electron chi connectivity index (χ0n) is 16.6. The number of thioether (sulfide) groups is 1. The van der Waals surface area contributed by atoms with Crippen LogP contribution in [0, 0.1) is 5.92 Å². The van der Waals surface area contributed by atoms with Crippen molar-refractivity contribution >= 4 is 34.5 Å². The van der Waals surface area contributed by atoms with E-state index in [2.05, 4.69) is 34.1 Å². The van der Waals surface area contributed by atoms with Gasteiger partial charge in [-0.05, 0) is 38.4 Å². The number of nitrogens with zero attached hydrogens (tertiary/aromatic N) is 5. The molecule has 0 atom stereocenters. The highest BCUT2D eigenvalue weighted by molar-refractivity contribution is 7.98. The monoisotopic (exact) mass is 390 g/mol. The lowest BCUT2D eigenvalue weighted by Crippen LogP contribution is -2.32. The van der Waals surface area contributed by atoms with E-state index < -0.39 is 0 Å². The minimum atomic E-state index is 0.0930. The molecule has 1 N–H and O–H groups in total. The van der Waals surface area contributed by atoms with Crippen molar-refractivity contribution in [1.29, 1.82) is 0 Å². The van der Waals surface area contributed by atoms with Crippen LogP contribution in [0.2, 0.25) is 0 Å². The molecule has 8 heteroatoms. The Morgan fingerprint density at radius 3 is 2.63 bits per heavy atom. The number of hydrogen-bond acceptors (Lipinski definition) is 6. The second kappa shape index (κ2) is 9.39. The molecule has 1 aliphatic rings. The van der Waals surface area contributed by atoms with Crippen molar-refractivity contribution in [3.8, 4) is 0 Å². The molecule has 2 aromatic rings. The summed E-state index contributed by atoms with van der Waals surface area (Å²) in [6.07, 6.45) is 9.30. The van der Waals surface area contributed by atoms with Crippen molar-refractivity contribution in [2.24, 2.45) is 5.92 Å². The van der Waals surface area contributed by atoms with Gasteiger partial charge in [-0.25, -0.2) is 14.6 Å². The number of piperidine rings is 1. The van der Waals surface area contributed by atoms with Crippen LogP contribution < -0.4 is 10.2 Å². The van der Waals surface area contributed by atoms with Gasteiger partial charge in [-0.2, -0.15) is 5.10 Å². The summed E-state index contributed by atoms with van der Waals surface area (Å²) < 4.78 is 1.89. The molecule has 1 fully saturated rings. The Morgan fingerprint density at radius 1 is 1.22 bits per heavy atom. The Balaban J connectivity index is 1.77. The van der Waals surface area contributed by atoms with Crippen LogP contribution in [0.4, 0.5) is 5.82 Å². The molecule has 0 spiro atoms. The Labute approximate surface area is 165 Å². The predicted octanol–water partition coefficient (Wildman–Crippen LogP) is 3.09. The Kier molecular flexibility index (Phi) is 6.93. The molecule has 0 bridgehead atoms. The minimum Gasteiger partial charge on any atom is -0.356 e. The first-order valence-electron chi connectivity index (χ1n) is 9.98. The number of carbonyl (C=O) groups is 1. The van der Waals surface area contributed by atoms with Crippen LogP contribution in [0.25, 0.3) is 11.0 Å². The maximum absolute atomic E-state index is 12.2. The van der Waals surface area contributed by atoms with Gasteiger partial charge in [0.2, 0.25) is 5.91 Å². The fourth-order valence-electron chi connectivity index (χ4n) is 3.61. The van der Waals surface area contributed by atoms with E-state index in [-0.39, 0.29) is 11.8 Å². The number of aromatic nitrogens is 4. The average Bonchev–Trinajstić information content (AvgIpc) is 3.11. The van der Waals surface area contributed by atoms with Crippen LogP contribution in [-0.2, 0) is 11.3 Å². The highest BCUT2D eigenvalue weighted by atomic mass is 32.2. The molecule has 1 aliphatic heterocycles. The first kappa shape index (κ1) is 19.9. The maximum Gasteiger partial charge on any atom is 0.223 e. The van der Waals surface area contributed by atoms with Crippen LogP contribution in [0.15, 0.2) is 11.4 Å². The Bertz CT molecular complexity index is 767. The molecule has 0 radical (unpaired) electrons. The molecule has 27 heavy (non-hydrogen) atoms. The van der Waals surface area contributed by atoms with Crippen LogP contribution in [-0.4, -0.2) is 51.5 Å². The Hall–Kier alpha value is -1.83. The van der Waals surface area contributed by atoms with Crippen LogP contribution in [0.1, 0.15) is 46.0 Å². The fourth-order valence-corrected chi connectivity index (χ4v) is 3.97. The first-order chi connectivity index (χ1) is 13.2. The molecule has 3 rings (SSSR count). The third-order valence-electron chi connectivity index (χ3n) is 5.27. The van der Waals surface area contributed by atoms with Crippen molar-refractivity contribution in [2.75, 3.05) is 30.8 Å². The number of anilines is 1. The molecule has 1 amide bonds. The Morgan fingerprint density at radius 2 is 1.96 bits per heavy atom. The molecule has 0 aliphatic carbocycles. The fraction of sp³-hybridized carbons (Fsp3) is 0.684. The van der Waals surface area contributed by atoms with E-state index in [1.807, 2.05) is 17.1 Å². The summed E-state index contributed by atoms with van der Waals surface area (Å²) in [5.74, 6) is 1.22. The van der Waals surface area contributed by atoms with Gasteiger partial charge >= 0.3 is 0 Å². The van der Waals surface area contributed by atoms with E-state index in [0.717, 1.165) is 47.9 Å². The van der Waals surface area contributed by atoms with E-state index in [0.29, 0.717) is 13.1 Å². The van der Waals surface area contributed by atoms with Crippen molar-refractivity contribution in [2.45, 2.75) is 57.7 Å². The van der Waals surface area contributed by atoms with E-state index in [1.54, 1.807) is 11.8 Å². The molecule has 7 nitrogen and oxygen atoms in total. The molecular weight excluding hydrogens is 360 g/mol. The van der Waals surface area contributed by atoms with E-state index in [4.69, 9.17) is 4.98 Å². The summed E-state index contributed by atoms with van der Waals surface area (Å²) in [4.78, 5) is 24.0. The van der Waals surface area contributed by atoms with E-state index in [1.165, 1.54) is 19.3 Å². The van der Waals surface area contributed by atoms with Gasteiger partial charge in [-0.15, -0.1) is 0 Å². The van der Waals surface area contributed by atoms with Crippen LogP contribution in [0.5, 0.6) is 0 Å². The zero-order chi connectivity index (χ0) is 19.2. The summed E-state index contributed by atoms with van der Waals surface area (Å²) in [6, 6.07) is 0. The van der Waals surface area contributed by atoms with E-state index in [9.17, 15) is 4.79 Å². The summed E-state index contributed by atoms with van der Waals surface area (Å²) in [6.45, 7) is 7.35. The molecule has 3 heterocycles. The molecule has 148 valence electrons. The lowest BCUT2D eigenvalue weighted by atomic mass is 10.0. The first-order valence-corrected chi connectivity index (χ1v) is 11.2. The molecule has 1 saturated heterocycles. The molecule has 0 unspecified atom stereocenters. The number of fused-ring (bicyclic) bond motifs is 1. The highest BCUT2D eigenvalue weighted by Crippen LogP contribution is 2.28. The summed E-state index contributed by atoms with van der Waals surface area (Å²) in [5, 5.41) is 9.34. The lowest BCUT2D eigenvalue weighted by molar-refractivity contribution is -0.125. The van der Waals surface area contributed by atoms with Gasteiger partial charge in [0.15, 0.2) is 10.8 Å². The second-order valence-electron chi connectivity index (χ2n) is 6.99.